The molecule has 1 saturated heterocycles. The fourth-order valence-electron chi connectivity index (χ4n) is 6.29. The highest BCUT2D eigenvalue weighted by atomic mass is 35.6. The molecule has 2 aliphatic rings. The van der Waals surface area contributed by atoms with Gasteiger partial charge in [0.25, 0.3) is 0 Å². The van der Waals surface area contributed by atoms with Crippen molar-refractivity contribution in [1.82, 2.24) is 0 Å². The lowest BCUT2D eigenvalue weighted by Gasteiger charge is -2.41. The van der Waals surface area contributed by atoms with Crippen LogP contribution in [0.15, 0.2) is 24.3 Å². The number of hydrogen-bond donors (Lipinski definition) is 0. The molecule has 2 nitrogen and oxygen atoms in total. The minimum atomic E-state index is -1.45. The zero-order valence-electron chi connectivity index (χ0n) is 19.4. The standard InChI is InChI=1S/C26H33Cl3N2/c1-15-11-17(3)23(18(4)12-15)30-21-9-7-8-10-22(21)31(25(30)26(27,28)29)24-19(5)13-16(2)14-20(24)6/h11-14,21-22,25H,7-10H2,1-6H3/t21-,22-/m1/s1. The lowest BCUT2D eigenvalue weighted by atomic mass is 9.88. The number of halogens is 3. The van der Waals surface area contributed by atoms with Gasteiger partial charge in [-0.3, -0.25) is 0 Å². The van der Waals surface area contributed by atoms with Crippen molar-refractivity contribution < 1.29 is 0 Å². The Morgan fingerprint density at radius 2 is 0.968 bits per heavy atom. The Morgan fingerprint density at radius 1 is 0.645 bits per heavy atom. The van der Waals surface area contributed by atoms with Crippen LogP contribution in [0.5, 0.6) is 0 Å². The van der Waals surface area contributed by atoms with Gasteiger partial charge in [-0.2, -0.15) is 0 Å². The summed E-state index contributed by atoms with van der Waals surface area (Å²) in [6.07, 6.45) is 4.32. The summed E-state index contributed by atoms with van der Waals surface area (Å²) in [4.78, 5) is 4.92. The van der Waals surface area contributed by atoms with Crippen molar-refractivity contribution in [1.29, 1.82) is 0 Å². The van der Waals surface area contributed by atoms with Gasteiger partial charge in [-0.1, -0.05) is 83.0 Å². The molecule has 1 saturated carbocycles. The van der Waals surface area contributed by atoms with E-state index in [9.17, 15) is 0 Å². The Bertz CT molecular complexity index is 875. The molecule has 5 heteroatoms. The van der Waals surface area contributed by atoms with Crippen LogP contribution in [-0.4, -0.2) is 22.0 Å². The van der Waals surface area contributed by atoms with E-state index in [-0.39, 0.29) is 6.17 Å². The summed E-state index contributed by atoms with van der Waals surface area (Å²) in [5.41, 5.74) is 9.99. The molecule has 2 fully saturated rings. The first-order valence-corrected chi connectivity index (χ1v) is 12.4. The topological polar surface area (TPSA) is 6.48 Å². The van der Waals surface area contributed by atoms with Gasteiger partial charge in [-0.05, 0) is 76.6 Å². The van der Waals surface area contributed by atoms with Crippen molar-refractivity contribution >= 4 is 46.2 Å². The molecule has 1 aliphatic carbocycles. The fourth-order valence-corrected chi connectivity index (χ4v) is 6.92. The highest BCUT2D eigenvalue weighted by Gasteiger charge is 2.56. The first kappa shape index (κ1) is 23.1. The molecule has 2 aromatic carbocycles. The summed E-state index contributed by atoms with van der Waals surface area (Å²) in [6.45, 7) is 13.0. The van der Waals surface area contributed by atoms with E-state index in [1.54, 1.807) is 0 Å². The molecule has 31 heavy (non-hydrogen) atoms. The summed E-state index contributed by atoms with van der Waals surface area (Å²) in [5.74, 6) is 0. The summed E-state index contributed by atoms with van der Waals surface area (Å²) in [6, 6.07) is 9.66. The van der Waals surface area contributed by atoms with E-state index in [1.165, 1.54) is 57.6 Å². The molecule has 0 unspecified atom stereocenters. The van der Waals surface area contributed by atoms with E-state index in [1.807, 2.05) is 0 Å². The largest absolute Gasteiger partial charge is 0.342 e. The minimum Gasteiger partial charge on any atom is -0.342 e. The van der Waals surface area contributed by atoms with Gasteiger partial charge in [-0.25, -0.2) is 0 Å². The van der Waals surface area contributed by atoms with Gasteiger partial charge in [0.1, 0.15) is 0 Å². The molecule has 0 amide bonds. The fraction of sp³-hybridized carbons (Fsp3) is 0.538. The molecule has 2 atom stereocenters. The number of hydrogen-bond acceptors (Lipinski definition) is 2. The molecule has 0 bridgehead atoms. The van der Waals surface area contributed by atoms with Crippen LogP contribution in [0.2, 0.25) is 0 Å². The predicted octanol–water partition coefficient (Wildman–Crippen LogP) is 7.87. The molecule has 0 aromatic heterocycles. The predicted molar refractivity (Wildman–Crippen MR) is 136 cm³/mol. The Hall–Kier alpha value is -1.09. The molecule has 0 spiro atoms. The van der Waals surface area contributed by atoms with Crippen LogP contribution in [-0.2, 0) is 0 Å². The number of anilines is 2. The second kappa shape index (κ2) is 8.36. The maximum absolute atomic E-state index is 6.81. The minimum absolute atomic E-state index is 0.328. The second-order valence-corrected chi connectivity index (χ2v) is 12.0. The Morgan fingerprint density at radius 3 is 1.26 bits per heavy atom. The van der Waals surface area contributed by atoms with E-state index in [2.05, 4.69) is 75.6 Å². The zero-order chi connectivity index (χ0) is 22.7. The number of benzene rings is 2. The smallest absolute Gasteiger partial charge is 0.228 e. The Kier molecular flexibility index (Phi) is 6.22. The number of nitrogens with zero attached hydrogens (tertiary/aromatic N) is 2. The van der Waals surface area contributed by atoms with Crippen LogP contribution in [0.25, 0.3) is 0 Å². The van der Waals surface area contributed by atoms with Crippen LogP contribution in [0.3, 0.4) is 0 Å². The van der Waals surface area contributed by atoms with E-state index in [4.69, 9.17) is 34.8 Å². The monoisotopic (exact) mass is 478 g/mol. The van der Waals surface area contributed by atoms with Gasteiger partial charge in [0.05, 0.1) is 12.1 Å². The summed E-state index contributed by atoms with van der Waals surface area (Å²) in [7, 11) is 0. The number of alkyl halides is 3. The molecule has 1 heterocycles. The third kappa shape index (κ3) is 4.05. The molecular formula is C26H33Cl3N2. The molecule has 168 valence electrons. The number of rotatable bonds is 2. The molecule has 1 aliphatic heterocycles. The van der Waals surface area contributed by atoms with Gasteiger partial charge in [0, 0.05) is 11.4 Å². The highest BCUT2D eigenvalue weighted by Crippen LogP contribution is 2.51. The van der Waals surface area contributed by atoms with Crippen LogP contribution >= 0.6 is 34.8 Å². The lowest BCUT2D eigenvalue weighted by molar-refractivity contribution is 0.408. The zero-order valence-corrected chi connectivity index (χ0v) is 21.7. The number of fused-ring (bicyclic) bond motifs is 1. The molecule has 0 radical (unpaired) electrons. The van der Waals surface area contributed by atoms with Crippen LogP contribution in [0.1, 0.15) is 59.1 Å². The van der Waals surface area contributed by atoms with Crippen molar-refractivity contribution in [3.05, 3.63) is 57.6 Å². The van der Waals surface area contributed by atoms with Gasteiger partial charge in [0.15, 0.2) is 6.17 Å². The third-order valence-electron chi connectivity index (χ3n) is 7.02. The third-order valence-corrected chi connectivity index (χ3v) is 7.60. The molecule has 4 rings (SSSR count). The van der Waals surface area contributed by atoms with E-state index in [0.717, 1.165) is 12.8 Å². The Balaban J connectivity index is 1.97. The maximum atomic E-state index is 6.81. The van der Waals surface area contributed by atoms with Crippen molar-refractivity contribution in [2.75, 3.05) is 9.80 Å². The molecular weight excluding hydrogens is 447 g/mol. The lowest BCUT2D eigenvalue weighted by Crippen LogP contribution is -2.51. The van der Waals surface area contributed by atoms with E-state index in [0.29, 0.717) is 12.1 Å². The quantitative estimate of drug-likeness (QED) is 0.404. The normalized spacial score (nSPS) is 22.2. The number of aryl methyl sites for hydroxylation is 6. The summed E-state index contributed by atoms with van der Waals surface area (Å²) >= 11 is 20.4. The first-order chi connectivity index (χ1) is 14.5. The van der Waals surface area contributed by atoms with Gasteiger partial charge >= 0.3 is 0 Å². The molecule has 2 aromatic rings. The SMILES string of the molecule is Cc1cc(C)c(N2C(C(Cl)(Cl)Cl)N(c3c(C)cc(C)cc3C)[C@@H]3CCCC[C@H]32)c(C)c1. The van der Waals surface area contributed by atoms with E-state index >= 15 is 0 Å². The van der Waals surface area contributed by atoms with Crippen LogP contribution < -0.4 is 9.80 Å². The summed E-state index contributed by atoms with van der Waals surface area (Å²) in [5, 5.41) is 0. The first-order valence-electron chi connectivity index (χ1n) is 11.3. The van der Waals surface area contributed by atoms with Crippen LogP contribution in [0, 0.1) is 41.5 Å². The second-order valence-electron chi connectivity index (χ2n) is 9.64. The average molecular weight is 480 g/mol. The van der Waals surface area contributed by atoms with E-state index < -0.39 is 3.79 Å². The van der Waals surface area contributed by atoms with Gasteiger partial charge in [0.2, 0.25) is 3.79 Å². The van der Waals surface area contributed by atoms with Crippen molar-refractivity contribution in [3.63, 3.8) is 0 Å². The maximum Gasteiger partial charge on any atom is 0.228 e. The van der Waals surface area contributed by atoms with Crippen molar-refractivity contribution in [3.8, 4) is 0 Å². The van der Waals surface area contributed by atoms with Crippen molar-refractivity contribution in [2.45, 2.75) is 89.3 Å². The van der Waals surface area contributed by atoms with Gasteiger partial charge in [-0.15, -0.1) is 0 Å². The van der Waals surface area contributed by atoms with Crippen molar-refractivity contribution in [2.24, 2.45) is 0 Å². The van der Waals surface area contributed by atoms with Gasteiger partial charge < -0.3 is 9.80 Å². The summed E-state index contributed by atoms with van der Waals surface area (Å²) < 4.78 is -1.45. The molecule has 0 N–H and O–H groups in total. The highest BCUT2D eigenvalue weighted by molar-refractivity contribution is 6.68. The Labute approximate surface area is 202 Å². The van der Waals surface area contributed by atoms with Crippen LogP contribution in [0.4, 0.5) is 11.4 Å². The average Bonchev–Trinajstić information content (AvgIpc) is 2.95.